The van der Waals surface area contributed by atoms with Crippen molar-refractivity contribution in [2.45, 2.75) is 24.9 Å². The third-order valence-electron chi connectivity index (χ3n) is 12.0. The monoisotopic (exact) mass is 1040 g/mol. The van der Waals surface area contributed by atoms with Crippen LogP contribution in [0, 0.1) is 0 Å². The van der Waals surface area contributed by atoms with Gasteiger partial charge in [0.2, 0.25) is 10.3 Å². The number of azo groups is 1. The fourth-order valence-electron chi connectivity index (χ4n) is 8.50. The van der Waals surface area contributed by atoms with Gasteiger partial charge in [0.1, 0.15) is 23.0 Å². The lowest BCUT2D eigenvalue weighted by Gasteiger charge is -2.36. The van der Waals surface area contributed by atoms with Crippen molar-refractivity contribution in [2.24, 2.45) is 10.2 Å². The molecule has 0 unspecified atom stereocenters. The van der Waals surface area contributed by atoms with Gasteiger partial charge in [0.15, 0.2) is 11.3 Å². The Morgan fingerprint density at radius 3 is 2.21 bits per heavy atom. The molecule has 73 heavy (non-hydrogen) atoms. The van der Waals surface area contributed by atoms with Gasteiger partial charge < -0.3 is 39.2 Å². The number of nitrogens with zero attached hydrogens (tertiary/aromatic N) is 5. The van der Waals surface area contributed by atoms with Crippen LogP contribution in [0.25, 0.3) is 27.6 Å². The summed E-state index contributed by atoms with van der Waals surface area (Å²) in [6.45, 7) is 2.90. The molecule has 0 saturated heterocycles. The van der Waals surface area contributed by atoms with Gasteiger partial charge in [-0.05, 0) is 59.3 Å². The van der Waals surface area contributed by atoms with E-state index in [1.54, 1.807) is 41.9 Å². The fourth-order valence-corrected chi connectivity index (χ4v) is 9.99. The van der Waals surface area contributed by atoms with Crippen LogP contribution in [0.2, 0.25) is 0 Å². The maximum absolute atomic E-state index is 13.6. The van der Waals surface area contributed by atoms with Crippen LogP contribution in [-0.2, 0) is 31.0 Å². The van der Waals surface area contributed by atoms with Gasteiger partial charge >= 0.3 is 11.5 Å². The molecule has 1 amide bonds. The molecule has 370 valence electrons. The van der Waals surface area contributed by atoms with Crippen LogP contribution in [0.1, 0.15) is 55.8 Å². The zero-order valence-corrected chi connectivity index (χ0v) is 41.3. The average Bonchev–Trinajstić information content (AvgIpc) is 4.23. The minimum atomic E-state index is -1.32. The molecule has 0 atom stereocenters. The Hall–Kier alpha value is -7.72. The Balaban J connectivity index is 0.608. The second-order valence-electron chi connectivity index (χ2n) is 16.8. The molecule has 5 heterocycles. The number of aromatic amines is 1. The van der Waals surface area contributed by atoms with E-state index in [-0.39, 0.29) is 23.1 Å². The van der Waals surface area contributed by atoms with Gasteiger partial charge in [-0.15, -0.1) is 32.9 Å². The predicted octanol–water partition coefficient (Wildman–Crippen LogP) is 9.98. The second-order valence-corrected chi connectivity index (χ2v) is 19.1. The topological polar surface area (TPSA) is 221 Å². The fraction of sp³-hybridized carbons (Fsp3) is 0.208. The van der Waals surface area contributed by atoms with Crippen molar-refractivity contribution in [2.75, 3.05) is 46.2 Å². The highest BCUT2D eigenvalue weighted by Gasteiger charge is 2.53. The van der Waals surface area contributed by atoms with Gasteiger partial charge in [0, 0.05) is 88.5 Å². The summed E-state index contributed by atoms with van der Waals surface area (Å²) in [5.41, 5.74) is 4.67. The second kappa shape index (κ2) is 22.0. The van der Waals surface area contributed by atoms with E-state index in [1.807, 2.05) is 60.0 Å². The summed E-state index contributed by atoms with van der Waals surface area (Å²) in [5.74, 6) is -0.0768. The molecule has 0 bridgehead atoms. The summed E-state index contributed by atoms with van der Waals surface area (Å²) in [7, 11) is 0. The van der Waals surface area contributed by atoms with Crippen LogP contribution in [0.15, 0.2) is 141 Å². The van der Waals surface area contributed by atoms with Crippen molar-refractivity contribution >= 4 is 62.5 Å². The number of hydrogen-bond acceptors (Lipinski definition) is 17. The molecule has 0 saturated carbocycles. The Kier molecular flexibility index (Phi) is 14.7. The van der Waals surface area contributed by atoms with Gasteiger partial charge in [-0.3, -0.25) is 14.7 Å². The third kappa shape index (κ3) is 10.6. The summed E-state index contributed by atoms with van der Waals surface area (Å²) >= 11 is 8.29. The maximum atomic E-state index is 13.6. The van der Waals surface area contributed by atoms with Crippen LogP contribution >= 0.6 is 34.9 Å². The van der Waals surface area contributed by atoms with E-state index >= 15 is 0 Å². The van der Waals surface area contributed by atoms with Gasteiger partial charge in [-0.25, -0.2) is 14.8 Å². The summed E-state index contributed by atoms with van der Waals surface area (Å²) in [6, 6.07) is 31.4. The van der Waals surface area contributed by atoms with Crippen molar-refractivity contribution in [3.63, 3.8) is 0 Å². The Bertz CT molecular complexity index is 3340. The third-order valence-corrected chi connectivity index (χ3v) is 13.8. The number of aromatic nitrogens is 4. The average molecular weight is 1040 g/mol. The van der Waals surface area contributed by atoms with Crippen molar-refractivity contribution in [3.8, 4) is 50.6 Å². The van der Waals surface area contributed by atoms with Crippen molar-refractivity contribution in [1.82, 2.24) is 25.1 Å². The number of phenols is 2. The number of carbonyl (C=O) groups is 2. The molecule has 10 rings (SSSR count). The molecule has 5 aromatic carbocycles. The lowest BCUT2D eigenvalue weighted by Crippen LogP contribution is -2.32. The summed E-state index contributed by atoms with van der Waals surface area (Å²) in [6.07, 6.45) is 3.26. The smallest absolute Gasteiger partial charge is 0.340 e. The molecule has 3 aromatic heterocycles. The number of carbonyl (C=O) groups excluding carboxylic acids is 2. The van der Waals surface area contributed by atoms with E-state index in [1.165, 1.54) is 51.6 Å². The van der Waals surface area contributed by atoms with Crippen molar-refractivity contribution < 1.29 is 43.5 Å². The first-order chi connectivity index (χ1) is 35.6. The molecule has 0 radical (unpaired) electrons. The van der Waals surface area contributed by atoms with Gasteiger partial charge in [0.05, 0.1) is 50.0 Å². The first-order valence-corrected chi connectivity index (χ1v) is 25.3. The zero-order chi connectivity index (χ0) is 50.3. The Morgan fingerprint density at radius 1 is 0.795 bits per heavy atom. The zero-order valence-electron chi connectivity index (χ0n) is 38.8. The number of aromatic hydroxyl groups is 2. The Morgan fingerprint density at radius 2 is 1.49 bits per heavy atom. The quantitative estimate of drug-likeness (QED) is 0.0228. The lowest BCUT2D eigenvalue weighted by atomic mass is 9.77. The number of esters is 1. The molecular formula is C53H45N7O10S3. The van der Waals surface area contributed by atoms with Crippen LogP contribution < -0.4 is 15.6 Å². The molecule has 8 aromatic rings. The van der Waals surface area contributed by atoms with Gasteiger partial charge in [0.25, 0.3) is 5.91 Å². The molecule has 0 aliphatic carbocycles. The number of hydrogen-bond donors (Lipinski definition) is 4. The lowest BCUT2D eigenvalue weighted by molar-refractivity contribution is 0.0155. The molecule has 2 aliphatic rings. The summed E-state index contributed by atoms with van der Waals surface area (Å²) in [5, 5.41) is 39.4. The van der Waals surface area contributed by atoms with E-state index < -0.39 is 17.1 Å². The van der Waals surface area contributed by atoms with Crippen molar-refractivity contribution in [3.05, 3.63) is 170 Å². The molecular weight excluding hydrogens is 991 g/mol. The SMILES string of the molecule is O=C(NCCCOCCOCCOCCC(=S)Cc1ccc2c(c1)C(=O)OC21c2ccc(O)cc2Oc2cc(O)ccc21)c1ccc(-c2csc(-n3[nH]c(-c4ccccc4)c(N=Nc4nccs4)c3=O)n2)cc1. The molecule has 4 N–H and O–H groups in total. The number of thiazole rings is 2. The highest BCUT2D eigenvalue weighted by Crippen LogP contribution is 2.57. The number of thiocarbonyl (C=S) groups is 1. The number of fused-ring (bicyclic) bond motifs is 6. The van der Waals surface area contributed by atoms with Crippen LogP contribution in [-0.4, -0.2) is 92.9 Å². The van der Waals surface area contributed by atoms with E-state index in [2.05, 4.69) is 25.6 Å². The molecule has 17 nitrogen and oxygen atoms in total. The van der Waals surface area contributed by atoms with Crippen LogP contribution in [0.5, 0.6) is 23.0 Å². The minimum Gasteiger partial charge on any atom is -0.508 e. The van der Waals surface area contributed by atoms with Gasteiger partial charge in [-0.2, -0.15) is 4.68 Å². The highest BCUT2D eigenvalue weighted by atomic mass is 32.1. The standard InChI is InChI=1S/C53H45N7O10S3/c61-36-12-15-41-44(29-36)69-45-30-37(62)13-16-42(45)53(41)40-14-7-32(28-39(40)50(65)70-53)27-38(71)17-21-67-23-25-68-24-22-66-20-4-18-54-48(63)35-10-8-33(9-11-35)43-31-73-52(56-43)60-49(64)47(57-58-51-55-19-26-72-51)46(59-60)34-5-2-1-3-6-34/h1-3,5-16,19,26,28-31,59,61-62H,4,17-18,20-25,27H2,(H,54,63). The number of nitrogens with one attached hydrogen (secondary N) is 2. The largest absolute Gasteiger partial charge is 0.508 e. The highest BCUT2D eigenvalue weighted by molar-refractivity contribution is 7.80. The van der Waals surface area contributed by atoms with Crippen molar-refractivity contribution in [1.29, 1.82) is 0 Å². The van der Waals surface area contributed by atoms with E-state index in [4.69, 9.17) is 40.9 Å². The van der Waals surface area contributed by atoms with Crippen LogP contribution in [0.4, 0.5) is 10.8 Å². The maximum Gasteiger partial charge on any atom is 0.340 e. The number of phenolic OH excluding ortho intramolecular Hbond substituents is 2. The summed E-state index contributed by atoms with van der Waals surface area (Å²) < 4.78 is 30.7. The first-order valence-electron chi connectivity index (χ1n) is 23.2. The normalized spacial score (nSPS) is 13.1. The van der Waals surface area contributed by atoms with E-state index in [0.29, 0.717) is 126 Å². The number of benzene rings is 5. The minimum absolute atomic E-state index is 0.00865. The Labute approximate surface area is 430 Å². The number of H-pyrrole nitrogens is 1. The van der Waals surface area contributed by atoms with Gasteiger partial charge in [-0.1, -0.05) is 66.8 Å². The van der Waals surface area contributed by atoms with E-state index in [0.717, 1.165) is 21.6 Å². The first kappa shape index (κ1) is 48.9. The summed E-state index contributed by atoms with van der Waals surface area (Å²) in [4.78, 5) is 49.6. The predicted molar refractivity (Wildman–Crippen MR) is 278 cm³/mol. The van der Waals surface area contributed by atoms with Crippen LogP contribution in [0.3, 0.4) is 0 Å². The number of amides is 1. The molecule has 0 fully saturated rings. The molecule has 20 heteroatoms. The number of rotatable bonds is 21. The molecule has 2 aliphatic heterocycles. The molecule has 1 spiro atoms. The number of ether oxygens (including phenoxy) is 5. The van der Waals surface area contributed by atoms with E-state index in [9.17, 15) is 24.6 Å².